The van der Waals surface area contributed by atoms with Crippen LogP contribution in [0.3, 0.4) is 0 Å². The van der Waals surface area contributed by atoms with Gasteiger partial charge >= 0.3 is 0 Å². The molecule has 0 nitrogen and oxygen atoms in total. The molecule has 0 saturated heterocycles. The summed E-state index contributed by atoms with van der Waals surface area (Å²) in [7, 11) is 0. The number of benzene rings is 1. The molecule has 1 fully saturated rings. The maximum Gasteiger partial charge on any atom is 0.248 e. The van der Waals surface area contributed by atoms with Crippen molar-refractivity contribution in [2.45, 2.75) is 43.9 Å². The molecule has 0 heterocycles. The van der Waals surface area contributed by atoms with Crippen molar-refractivity contribution in [3.63, 3.8) is 0 Å². The quantitative estimate of drug-likeness (QED) is 0.654. The number of rotatable bonds is 4. The monoisotopic (exact) mass is 316 g/mol. The zero-order valence-corrected chi connectivity index (χ0v) is 12.0. The Morgan fingerprint density at radius 1 is 1.28 bits per heavy atom. The highest BCUT2D eigenvalue weighted by atomic mass is 79.9. The lowest BCUT2D eigenvalue weighted by Gasteiger charge is -2.31. The fourth-order valence-corrected chi connectivity index (χ4v) is 3.53. The van der Waals surface area contributed by atoms with E-state index in [1.807, 2.05) is 18.2 Å². The minimum absolute atomic E-state index is 0.0728. The third kappa shape index (κ3) is 3.78. The second-order valence-corrected chi connectivity index (χ2v) is 5.96. The summed E-state index contributed by atoms with van der Waals surface area (Å²) in [5.74, 6) is -1.92. The Morgan fingerprint density at radius 2 is 2.00 bits per heavy atom. The van der Waals surface area contributed by atoms with Crippen molar-refractivity contribution in [3.05, 3.63) is 35.9 Å². The second-order valence-electron chi connectivity index (χ2n) is 5.32. The molecular weight excluding hydrogens is 298 g/mol. The molecule has 2 unspecified atom stereocenters. The van der Waals surface area contributed by atoms with E-state index in [4.69, 9.17) is 0 Å². The Morgan fingerprint density at radius 3 is 2.61 bits per heavy atom. The molecule has 1 aromatic rings. The third-order valence-electron chi connectivity index (χ3n) is 3.82. The minimum atomic E-state index is -2.43. The lowest BCUT2D eigenvalue weighted by molar-refractivity contribution is -0.0541. The minimum Gasteiger partial charge on any atom is -0.207 e. The number of halogens is 3. The lowest BCUT2D eigenvalue weighted by atomic mass is 9.80. The van der Waals surface area contributed by atoms with Crippen LogP contribution in [0, 0.1) is 5.92 Å². The molecule has 1 saturated carbocycles. The first kappa shape index (κ1) is 14.0. The van der Waals surface area contributed by atoms with Crippen molar-refractivity contribution in [2.75, 3.05) is 5.33 Å². The maximum absolute atomic E-state index is 13.4. The summed E-state index contributed by atoms with van der Waals surface area (Å²) in [6.45, 7) is 0. The van der Waals surface area contributed by atoms with Gasteiger partial charge in [-0.3, -0.25) is 0 Å². The second kappa shape index (κ2) is 6.14. The van der Waals surface area contributed by atoms with E-state index in [9.17, 15) is 8.78 Å². The van der Waals surface area contributed by atoms with Crippen LogP contribution in [-0.4, -0.2) is 11.3 Å². The van der Waals surface area contributed by atoms with Crippen LogP contribution in [0.2, 0.25) is 0 Å². The molecule has 0 N–H and O–H groups in total. The highest BCUT2D eigenvalue weighted by Gasteiger charge is 2.36. The largest absolute Gasteiger partial charge is 0.248 e. The van der Waals surface area contributed by atoms with Gasteiger partial charge in [0, 0.05) is 18.2 Å². The maximum atomic E-state index is 13.4. The molecule has 1 aliphatic rings. The first-order chi connectivity index (χ1) is 8.61. The Balaban J connectivity index is 1.98. The van der Waals surface area contributed by atoms with Gasteiger partial charge in [0.25, 0.3) is 0 Å². The zero-order valence-electron chi connectivity index (χ0n) is 10.4. The van der Waals surface area contributed by atoms with Crippen LogP contribution in [0.4, 0.5) is 8.78 Å². The van der Waals surface area contributed by atoms with Gasteiger partial charge in [0.15, 0.2) is 0 Å². The van der Waals surface area contributed by atoms with Gasteiger partial charge < -0.3 is 0 Å². The highest BCUT2D eigenvalue weighted by molar-refractivity contribution is 9.09. The summed E-state index contributed by atoms with van der Waals surface area (Å²) in [5.41, 5.74) is 1.25. The van der Waals surface area contributed by atoms with Crippen molar-refractivity contribution >= 4 is 15.9 Å². The number of hydrogen-bond donors (Lipinski definition) is 0. The molecular formula is C15H19BrF2. The summed E-state index contributed by atoms with van der Waals surface area (Å²) < 4.78 is 26.8. The van der Waals surface area contributed by atoms with Gasteiger partial charge in [-0.05, 0) is 36.7 Å². The summed E-state index contributed by atoms with van der Waals surface area (Å²) >= 11 is 3.52. The first-order valence-corrected chi connectivity index (χ1v) is 7.71. The predicted molar refractivity (Wildman–Crippen MR) is 74.5 cm³/mol. The highest BCUT2D eigenvalue weighted by Crippen LogP contribution is 2.41. The Bertz CT molecular complexity index is 364. The zero-order chi connectivity index (χ0) is 13.0. The normalized spacial score (nSPS) is 24.7. The van der Waals surface area contributed by atoms with Gasteiger partial charge in [0.2, 0.25) is 5.92 Å². The van der Waals surface area contributed by atoms with Crippen LogP contribution in [0.15, 0.2) is 30.3 Å². The van der Waals surface area contributed by atoms with Crippen molar-refractivity contribution in [3.8, 4) is 0 Å². The molecule has 0 amide bonds. The summed E-state index contributed by atoms with van der Waals surface area (Å²) in [4.78, 5) is 0. The molecule has 0 spiro atoms. The molecule has 0 aromatic heterocycles. The van der Waals surface area contributed by atoms with Gasteiger partial charge in [0.1, 0.15) is 0 Å². The fraction of sp³-hybridized carbons (Fsp3) is 0.600. The molecule has 18 heavy (non-hydrogen) atoms. The predicted octanol–water partition coefficient (Wildman–Crippen LogP) is 5.38. The Labute approximate surface area is 116 Å². The van der Waals surface area contributed by atoms with E-state index in [0.29, 0.717) is 12.3 Å². The first-order valence-electron chi connectivity index (χ1n) is 6.59. The molecule has 1 aliphatic carbocycles. The molecule has 0 aliphatic heterocycles. The van der Waals surface area contributed by atoms with Crippen molar-refractivity contribution in [2.24, 2.45) is 5.92 Å². The van der Waals surface area contributed by atoms with Crippen LogP contribution < -0.4 is 0 Å². The fourth-order valence-electron chi connectivity index (χ4n) is 2.89. The van der Waals surface area contributed by atoms with E-state index < -0.39 is 5.92 Å². The summed E-state index contributed by atoms with van der Waals surface area (Å²) in [6.07, 6.45) is 2.63. The summed E-state index contributed by atoms with van der Waals surface area (Å²) in [6, 6.07) is 10.2. The van der Waals surface area contributed by atoms with Crippen molar-refractivity contribution in [1.29, 1.82) is 0 Å². The van der Waals surface area contributed by atoms with Crippen LogP contribution >= 0.6 is 15.9 Å². The topological polar surface area (TPSA) is 0 Å². The molecule has 2 atom stereocenters. The molecule has 0 radical (unpaired) electrons. The summed E-state index contributed by atoms with van der Waals surface area (Å²) in [5, 5.41) is 0.846. The Hall–Kier alpha value is -0.440. The smallest absolute Gasteiger partial charge is 0.207 e. The lowest BCUT2D eigenvalue weighted by Crippen LogP contribution is -2.27. The van der Waals surface area contributed by atoms with E-state index in [1.165, 1.54) is 5.56 Å². The van der Waals surface area contributed by atoms with Gasteiger partial charge in [-0.25, -0.2) is 8.78 Å². The van der Waals surface area contributed by atoms with Crippen LogP contribution in [-0.2, 0) is 0 Å². The number of hydrogen-bond acceptors (Lipinski definition) is 0. The number of alkyl halides is 3. The van der Waals surface area contributed by atoms with E-state index in [1.54, 1.807) is 0 Å². The van der Waals surface area contributed by atoms with Gasteiger partial charge in [-0.1, -0.05) is 46.3 Å². The SMILES string of the molecule is FC1(F)CCCC(CC(CBr)c2ccccc2)C1. The average Bonchev–Trinajstić information content (AvgIpc) is 2.36. The van der Waals surface area contributed by atoms with E-state index in [0.717, 1.165) is 18.2 Å². The van der Waals surface area contributed by atoms with Crippen molar-refractivity contribution < 1.29 is 8.78 Å². The van der Waals surface area contributed by atoms with Crippen LogP contribution in [0.25, 0.3) is 0 Å². The molecule has 3 heteroatoms. The van der Waals surface area contributed by atoms with Gasteiger partial charge in [-0.2, -0.15) is 0 Å². The molecule has 0 bridgehead atoms. The Kier molecular flexibility index (Phi) is 4.77. The van der Waals surface area contributed by atoms with Gasteiger partial charge in [-0.15, -0.1) is 0 Å². The van der Waals surface area contributed by atoms with E-state index in [-0.39, 0.29) is 18.8 Å². The molecule has 1 aromatic carbocycles. The van der Waals surface area contributed by atoms with Gasteiger partial charge in [0.05, 0.1) is 0 Å². The molecule has 2 rings (SSSR count). The van der Waals surface area contributed by atoms with Crippen molar-refractivity contribution in [1.82, 2.24) is 0 Å². The van der Waals surface area contributed by atoms with Crippen LogP contribution in [0.5, 0.6) is 0 Å². The van der Waals surface area contributed by atoms with E-state index >= 15 is 0 Å². The van der Waals surface area contributed by atoms with Crippen LogP contribution in [0.1, 0.15) is 43.6 Å². The van der Waals surface area contributed by atoms with E-state index in [2.05, 4.69) is 28.1 Å². The standard InChI is InChI=1S/C15H19BrF2/c16-11-14(13-6-2-1-3-7-13)9-12-5-4-8-15(17,18)10-12/h1-3,6-7,12,14H,4-5,8-11H2. The molecule has 100 valence electrons. The average molecular weight is 317 g/mol. The third-order valence-corrected chi connectivity index (χ3v) is 4.60.